The largest absolute Gasteiger partial charge is 0.415 e. The van der Waals surface area contributed by atoms with E-state index >= 15 is 0 Å². The zero-order valence-electron chi connectivity index (χ0n) is 18.4. The molecule has 2 aromatic carbocycles. The average Bonchev–Trinajstić information content (AvgIpc) is 3.29. The van der Waals surface area contributed by atoms with Crippen molar-refractivity contribution in [2.24, 2.45) is 0 Å². The zero-order valence-corrected chi connectivity index (χ0v) is 18.4. The molecule has 0 bridgehead atoms. The molecule has 0 aliphatic heterocycles. The molecule has 0 saturated heterocycles. The Morgan fingerprint density at radius 3 is 2.50 bits per heavy atom. The van der Waals surface area contributed by atoms with Crippen LogP contribution >= 0.6 is 0 Å². The van der Waals surface area contributed by atoms with Crippen LogP contribution < -0.4 is 0 Å². The standard InChI is InChI=1S/C25H25N5O2/c1-16-23(25-29-28-24(32-25)21-7-5-6-18(14-21)12-13-31)27-22(15-26-16)20-10-8-19(9-11-20)17(2)30(3)4/h5-11,14-15,31H,2,12-13H2,1,3-4H3. The quantitative estimate of drug-likeness (QED) is 0.472. The molecule has 2 heterocycles. The molecule has 4 rings (SSSR count). The summed E-state index contributed by atoms with van der Waals surface area (Å²) in [4.78, 5) is 11.2. The van der Waals surface area contributed by atoms with Crippen LogP contribution in [0.3, 0.4) is 0 Å². The Labute approximate surface area is 187 Å². The van der Waals surface area contributed by atoms with Gasteiger partial charge in [-0.3, -0.25) is 4.98 Å². The van der Waals surface area contributed by atoms with Crippen molar-refractivity contribution >= 4 is 5.70 Å². The Hall–Kier alpha value is -3.84. The number of aliphatic hydroxyl groups excluding tert-OH is 1. The molecule has 0 radical (unpaired) electrons. The van der Waals surface area contributed by atoms with E-state index in [1.54, 1.807) is 6.20 Å². The molecule has 0 aliphatic rings. The molecule has 0 unspecified atom stereocenters. The summed E-state index contributed by atoms with van der Waals surface area (Å²) in [7, 11) is 3.94. The highest BCUT2D eigenvalue weighted by atomic mass is 16.4. The lowest BCUT2D eigenvalue weighted by Crippen LogP contribution is -2.08. The molecule has 1 N–H and O–H groups in total. The second-order valence-corrected chi connectivity index (χ2v) is 7.69. The van der Waals surface area contributed by atoms with Gasteiger partial charge in [-0.1, -0.05) is 43.0 Å². The van der Waals surface area contributed by atoms with Crippen LogP contribution in [0, 0.1) is 6.92 Å². The van der Waals surface area contributed by atoms with Crippen molar-refractivity contribution < 1.29 is 9.52 Å². The molecular formula is C25H25N5O2. The normalized spacial score (nSPS) is 10.9. The van der Waals surface area contributed by atoms with Crippen molar-refractivity contribution in [1.82, 2.24) is 25.1 Å². The summed E-state index contributed by atoms with van der Waals surface area (Å²) in [5, 5.41) is 17.6. The molecule has 4 aromatic rings. The van der Waals surface area contributed by atoms with E-state index in [4.69, 9.17) is 9.40 Å². The van der Waals surface area contributed by atoms with Crippen molar-refractivity contribution in [2.45, 2.75) is 13.3 Å². The van der Waals surface area contributed by atoms with Crippen molar-refractivity contribution in [1.29, 1.82) is 0 Å². The maximum atomic E-state index is 9.18. The predicted octanol–water partition coefficient (Wildman–Crippen LogP) is 4.24. The number of rotatable bonds is 7. The van der Waals surface area contributed by atoms with Gasteiger partial charge in [0.25, 0.3) is 5.89 Å². The summed E-state index contributed by atoms with van der Waals surface area (Å²) >= 11 is 0. The van der Waals surface area contributed by atoms with Crippen LogP contribution in [-0.2, 0) is 6.42 Å². The molecule has 0 fully saturated rings. The second-order valence-electron chi connectivity index (χ2n) is 7.69. The van der Waals surface area contributed by atoms with E-state index in [1.165, 1.54) is 0 Å². The Morgan fingerprint density at radius 1 is 1.03 bits per heavy atom. The van der Waals surface area contributed by atoms with Gasteiger partial charge in [0, 0.05) is 37.5 Å². The third-order valence-electron chi connectivity index (χ3n) is 5.21. The molecule has 7 nitrogen and oxygen atoms in total. The van der Waals surface area contributed by atoms with Gasteiger partial charge in [-0.25, -0.2) is 4.98 Å². The third-order valence-corrected chi connectivity index (χ3v) is 5.21. The Morgan fingerprint density at radius 2 is 1.78 bits per heavy atom. The van der Waals surface area contributed by atoms with Gasteiger partial charge >= 0.3 is 0 Å². The van der Waals surface area contributed by atoms with Crippen LogP contribution in [0.5, 0.6) is 0 Å². The zero-order chi connectivity index (χ0) is 22.7. The maximum Gasteiger partial charge on any atom is 0.268 e. The van der Waals surface area contributed by atoms with E-state index in [-0.39, 0.29) is 6.61 Å². The number of benzene rings is 2. The highest BCUT2D eigenvalue weighted by molar-refractivity contribution is 5.68. The first-order valence-electron chi connectivity index (χ1n) is 10.3. The number of aryl methyl sites for hydroxylation is 1. The lowest BCUT2D eigenvalue weighted by molar-refractivity contribution is 0.299. The molecule has 0 atom stereocenters. The van der Waals surface area contributed by atoms with Gasteiger partial charge < -0.3 is 14.4 Å². The van der Waals surface area contributed by atoms with Gasteiger partial charge in [-0.15, -0.1) is 10.2 Å². The highest BCUT2D eigenvalue weighted by Gasteiger charge is 2.16. The molecule has 162 valence electrons. The van der Waals surface area contributed by atoms with E-state index in [0.717, 1.165) is 33.6 Å². The fourth-order valence-corrected chi connectivity index (χ4v) is 3.31. The fraction of sp³-hybridized carbons (Fsp3) is 0.200. The molecule has 0 saturated carbocycles. The van der Waals surface area contributed by atoms with Gasteiger partial charge in [0.2, 0.25) is 5.89 Å². The summed E-state index contributed by atoms with van der Waals surface area (Å²) in [6.45, 7) is 6.04. The van der Waals surface area contributed by atoms with Crippen molar-refractivity contribution in [3.8, 4) is 34.3 Å². The third kappa shape index (κ3) is 4.43. The second kappa shape index (κ2) is 9.11. The van der Waals surface area contributed by atoms with Crippen molar-refractivity contribution in [3.63, 3.8) is 0 Å². The Bertz CT molecular complexity index is 1250. The summed E-state index contributed by atoms with van der Waals surface area (Å²) in [6.07, 6.45) is 2.31. The predicted molar refractivity (Wildman–Crippen MR) is 124 cm³/mol. The topological polar surface area (TPSA) is 88.2 Å². The molecule has 0 aliphatic carbocycles. The summed E-state index contributed by atoms with van der Waals surface area (Å²) in [5.41, 5.74) is 6.70. The summed E-state index contributed by atoms with van der Waals surface area (Å²) < 4.78 is 5.93. The summed E-state index contributed by atoms with van der Waals surface area (Å²) in [5.74, 6) is 0.718. The van der Waals surface area contributed by atoms with Gasteiger partial charge in [0.15, 0.2) is 0 Å². The minimum Gasteiger partial charge on any atom is -0.415 e. The first-order chi connectivity index (χ1) is 15.5. The monoisotopic (exact) mass is 427 g/mol. The summed E-state index contributed by atoms with van der Waals surface area (Å²) in [6, 6.07) is 15.7. The number of hydrogen-bond acceptors (Lipinski definition) is 7. The maximum absolute atomic E-state index is 9.18. The number of hydrogen-bond donors (Lipinski definition) is 1. The number of aliphatic hydroxyl groups is 1. The van der Waals surface area contributed by atoms with E-state index < -0.39 is 0 Å². The minimum absolute atomic E-state index is 0.0876. The first kappa shape index (κ1) is 21.4. The van der Waals surface area contributed by atoms with E-state index in [1.807, 2.05) is 74.4 Å². The minimum atomic E-state index is 0.0876. The lowest BCUT2D eigenvalue weighted by atomic mass is 10.1. The van der Waals surface area contributed by atoms with Crippen LogP contribution in [0.1, 0.15) is 16.8 Å². The number of nitrogens with zero attached hydrogens (tertiary/aromatic N) is 5. The van der Waals surface area contributed by atoms with Crippen LogP contribution in [-0.4, -0.2) is 50.9 Å². The Balaban J connectivity index is 1.64. The van der Waals surface area contributed by atoms with Crippen molar-refractivity contribution in [3.05, 3.63) is 78.1 Å². The molecular weight excluding hydrogens is 402 g/mol. The van der Waals surface area contributed by atoms with Crippen molar-refractivity contribution in [2.75, 3.05) is 20.7 Å². The smallest absolute Gasteiger partial charge is 0.268 e. The van der Waals surface area contributed by atoms with Gasteiger partial charge in [-0.05, 0) is 36.6 Å². The average molecular weight is 428 g/mol. The molecule has 0 amide bonds. The Kier molecular flexibility index (Phi) is 6.09. The van der Waals surface area contributed by atoms with Gasteiger partial charge in [0.1, 0.15) is 5.69 Å². The van der Waals surface area contributed by atoms with E-state index in [9.17, 15) is 5.11 Å². The van der Waals surface area contributed by atoms with Crippen LogP contribution in [0.4, 0.5) is 0 Å². The number of aromatic nitrogens is 4. The van der Waals surface area contributed by atoms with E-state index in [2.05, 4.69) is 21.8 Å². The first-order valence-corrected chi connectivity index (χ1v) is 10.3. The molecule has 2 aromatic heterocycles. The van der Waals surface area contributed by atoms with Crippen LogP contribution in [0.25, 0.3) is 40.0 Å². The van der Waals surface area contributed by atoms with Gasteiger partial charge in [-0.2, -0.15) is 0 Å². The molecule has 7 heteroatoms. The van der Waals surface area contributed by atoms with Crippen LogP contribution in [0.15, 0.2) is 65.7 Å². The van der Waals surface area contributed by atoms with E-state index in [0.29, 0.717) is 29.6 Å². The fourth-order valence-electron chi connectivity index (χ4n) is 3.31. The lowest BCUT2D eigenvalue weighted by Gasteiger charge is -2.16. The SMILES string of the molecule is C=C(c1ccc(-c2cnc(C)c(-c3nnc(-c4cccc(CCO)c4)o3)n2)cc1)N(C)C. The highest BCUT2D eigenvalue weighted by Crippen LogP contribution is 2.27. The molecule has 32 heavy (non-hydrogen) atoms. The molecule has 0 spiro atoms. The van der Waals surface area contributed by atoms with Crippen LogP contribution in [0.2, 0.25) is 0 Å². The van der Waals surface area contributed by atoms with Gasteiger partial charge in [0.05, 0.1) is 17.6 Å².